The van der Waals surface area contributed by atoms with Crippen molar-refractivity contribution in [1.82, 2.24) is 9.55 Å². The van der Waals surface area contributed by atoms with Gasteiger partial charge < -0.3 is 9.88 Å². The zero-order valence-electron chi connectivity index (χ0n) is 11.4. The minimum Gasteiger partial charge on any atom is -0.385 e. The quantitative estimate of drug-likeness (QED) is 0.479. The van der Waals surface area contributed by atoms with Crippen molar-refractivity contribution >= 4 is 11.4 Å². The number of hydrogen-bond donors (Lipinski definition) is 1. The number of nitro groups is 1. The predicted octanol–water partition coefficient (Wildman–Crippen LogP) is 2.56. The lowest BCUT2D eigenvalue weighted by Crippen LogP contribution is -2.04. The number of hydrogen-bond acceptors (Lipinski definition) is 5. The van der Waals surface area contributed by atoms with Crippen LogP contribution in [0.3, 0.4) is 0 Å². The second-order valence-electron chi connectivity index (χ2n) is 4.54. The van der Waals surface area contributed by atoms with E-state index in [1.807, 2.05) is 16.8 Å². The van der Waals surface area contributed by atoms with E-state index in [4.69, 9.17) is 5.26 Å². The summed E-state index contributed by atoms with van der Waals surface area (Å²) in [5.74, 6) is 0. The van der Waals surface area contributed by atoms with Crippen molar-refractivity contribution in [2.45, 2.75) is 19.4 Å². The van der Waals surface area contributed by atoms with Crippen molar-refractivity contribution in [3.05, 3.63) is 52.6 Å². The molecule has 0 fully saturated rings. The molecule has 0 atom stereocenters. The fourth-order valence-electron chi connectivity index (χ4n) is 1.97. The largest absolute Gasteiger partial charge is 0.385 e. The first-order chi connectivity index (χ1) is 10.2. The van der Waals surface area contributed by atoms with Crippen molar-refractivity contribution in [3.8, 4) is 6.07 Å². The fraction of sp³-hybridized carbons (Fsp3) is 0.286. The van der Waals surface area contributed by atoms with Gasteiger partial charge in [0, 0.05) is 37.2 Å². The Hall–Kier alpha value is -2.88. The van der Waals surface area contributed by atoms with Gasteiger partial charge in [-0.25, -0.2) is 4.98 Å². The van der Waals surface area contributed by atoms with Crippen molar-refractivity contribution in [3.63, 3.8) is 0 Å². The average molecular weight is 285 g/mol. The molecule has 1 N–H and O–H groups in total. The fourth-order valence-corrected chi connectivity index (χ4v) is 1.97. The Balaban J connectivity index is 1.81. The number of nitrogens with zero attached hydrogens (tertiary/aromatic N) is 4. The average Bonchev–Trinajstić information content (AvgIpc) is 2.99. The third-order valence-electron chi connectivity index (χ3n) is 3.05. The molecule has 0 spiro atoms. The van der Waals surface area contributed by atoms with E-state index in [0.717, 1.165) is 31.6 Å². The Morgan fingerprint density at radius 3 is 2.95 bits per heavy atom. The highest BCUT2D eigenvalue weighted by Crippen LogP contribution is 2.21. The summed E-state index contributed by atoms with van der Waals surface area (Å²) < 4.78 is 2.01. The molecule has 1 aromatic heterocycles. The highest BCUT2D eigenvalue weighted by atomic mass is 16.6. The Morgan fingerprint density at radius 2 is 2.29 bits per heavy atom. The van der Waals surface area contributed by atoms with Crippen molar-refractivity contribution in [2.75, 3.05) is 11.9 Å². The summed E-state index contributed by atoms with van der Waals surface area (Å²) in [5.41, 5.74) is 0.631. The summed E-state index contributed by atoms with van der Waals surface area (Å²) in [7, 11) is 0. The van der Waals surface area contributed by atoms with E-state index in [0.29, 0.717) is 0 Å². The first-order valence-electron chi connectivity index (χ1n) is 6.59. The topological polar surface area (TPSA) is 96.8 Å². The molecule has 0 unspecified atom stereocenters. The van der Waals surface area contributed by atoms with Crippen LogP contribution < -0.4 is 5.32 Å². The van der Waals surface area contributed by atoms with E-state index in [2.05, 4.69) is 10.3 Å². The van der Waals surface area contributed by atoms with Crippen LogP contribution in [0.15, 0.2) is 36.9 Å². The van der Waals surface area contributed by atoms with Gasteiger partial charge in [0.25, 0.3) is 5.69 Å². The number of aryl methyl sites for hydroxylation is 1. The van der Waals surface area contributed by atoms with Gasteiger partial charge in [-0.15, -0.1) is 0 Å². The second kappa shape index (κ2) is 7.05. The highest BCUT2D eigenvalue weighted by molar-refractivity contribution is 5.58. The zero-order valence-corrected chi connectivity index (χ0v) is 11.4. The van der Waals surface area contributed by atoms with Gasteiger partial charge in [-0.3, -0.25) is 10.1 Å². The predicted molar refractivity (Wildman–Crippen MR) is 77.8 cm³/mol. The molecule has 2 rings (SSSR count). The molecule has 7 nitrogen and oxygen atoms in total. The van der Waals surface area contributed by atoms with Gasteiger partial charge in [0.15, 0.2) is 0 Å². The van der Waals surface area contributed by atoms with Crippen molar-refractivity contribution < 1.29 is 4.92 Å². The molecule has 0 amide bonds. The number of nitro benzene ring substituents is 1. The van der Waals surface area contributed by atoms with Gasteiger partial charge in [-0.1, -0.05) is 0 Å². The number of nitriles is 1. The zero-order chi connectivity index (χ0) is 15.1. The van der Waals surface area contributed by atoms with Crippen LogP contribution >= 0.6 is 0 Å². The molecule has 1 aromatic carbocycles. The minimum atomic E-state index is -0.548. The Morgan fingerprint density at radius 1 is 1.43 bits per heavy atom. The maximum atomic E-state index is 10.7. The van der Waals surface area contributed by atoms with Crippen LogP contribution in [0.2, 0.25) is 0 Å². The van der Waals surface area contributed by atoms with Gasteiger partial charge in [0.05, 0.1) is 11.3 Å². The van der Waals surface area contributed by atoms with E-state index in [9.17, 15) is 10.1 Å². The lowest BCUT2D eigenvalue weighted by atomic mass is 10.1. The molecule has 0 radical (unpaired) electrons. The molecule has 0 saturated carbocycles. The smallest absolute Gasteiger partial charge is 0.287 e. The molecule has 0 bridgehead atoms. The number of imidazole rings is 1. The monoisotopic (exact) mass is 285 g/mol. The number of nitrogens with one attached hydrogen (secondary N) is 1. The number of aromatic nitrogens is 2. The molecule has 0 aliphatic heterocycles. The van der Waals surface area contributed by atoms with Crippen LogP contribution in [-0.4, -0.2) is 21.0 Å². The van der Waals surface area contributed by atoms with Crippen LogP contribution in [0.5, 0.6) is 0 Å². The van der Waals surface area contributed by atoms with Gasteiger partial charge in [-0.05, 0) is 25.0 Å². The second-order valence-corrected chi connectivity index (χ2v) is 4.54. The van der Waals surface area contributed by atoms with Crippen LogP contribution in [0, 0.1) is 21.4 Å². The third kappa shape index (κ3) is 4.04. The summed E-state index contributed by atoms with van der Waals surface area (Å²) in [5, 5.41) is 22.8. The Labute approximate surface area is 122 Å². The molecular formula is C14H15N5O2. The van der Waals surface area contributed by atoms with Crippen molar-refractivity contribution in [1.29, 1.82) is 5.26 Å². The molecular weight excluding hydrogens is 270 g/mol. The van der Waals surface area contributed by atoms with E-state index in [1.165, 1.54) is 12.1 Å². The Bertz CT molecular complexity index is 646. The minimum absolute atomic E-state index is 0.0726. The van der Waals surface area contributed by atoms with Crippen LogP contribution in [0.25, 0.3) is 0 Å². The van der Waals surface area contributed by atoms with E-state index < -0.39 is 4.92 Å². The highest BCUT2D eigenvalue weighted by Gasteiger charge is 2.13. The molecule has 7 heteroatoms. The first-order valence-corrected chi connectivity index (χ1v) is 6.59. The summed E-state index contributed by atoms with van der Waals surface area (Å²) in [6.45, 7) is 1.66. The van der Waals surface area contributed by atoms with Crippen LogP contribution in [0.1, 0.15) is 18.4 Å². The van der Waals surface area contributed by atoms with Gasteiger partial charge in [-0.2, -0.15) is 5.26 Å². The van der Waals surface area contributed by atoms with Crippen LogP contribution in [0.4, 0.5) is 11.4 Å². The van der Waals surface area contributed by atoms with Crippen molar-refractivity contribution in [2.24, 2.45) is 0 Å². The molecule has 0 aliphatic rings. The molecule has 108 valence electrons. The van der Waals surface area contributed by atoms with E-state index in [-0.39, 0.29) is 11.3 Å². The lowest BCUT2D eigenvalue weighted by molar-refractivity contribution is -0.385. The number of anilines is 1. The number of rotatable bonds is 7. The number of benzene rings is 1. The summed E-state index contributed by atoms with van der Waals surface area (Å²) in [6.07, 6.45) is 7.41. The van der Waals surface area contributed by atoms with E-state index >= 15 is 0 Å². The molecule has 21 heavy (non-hydrogen) atoms. The summed E-state index contributed by atoms with van der Waals surface area (Å²) >= 11 is 0. The van der Waals surface area contributed by atoms with Gasteiger partial charge in [0.2, 0.25) is 0 Å². The SMILES string of the molecule is N#Cc1cc(NCCCCn2ccnc2)ccc1[N+](=O)[O-]. The first kappa shape index (κ1) is 14.5. The normalized spacial score (nSPS) is 10.0. The molecule has 0 saturated heterocycles. The molecule has 0 aliphatic carbocycles. The number of unbranched alkanes of at least 4 members (excludes halogenated alkanes) is 1. The van der Waals surface area contributed by atoms with E-state index in [1.54, 1.807) is 18.6 Å². The summed E-state index contributed by atoms with van der Waals surface area (Å²) in [6, 6.07) is 6.33. The standard InChI is InChI=1S/C14H15N5O2/c15-10-12-9-13(3-4-14(12)19(20)21)17-5-1-2-7-18-8-6-16-11-18/h3-4,6,8-9,11,17H,1-2,5,7H2. The maximum absolute atomic E-state index is 10.7. The summed E-state index contributed by atoms with van der Waals surface area (Å²) in [4.78, 5) is 14.2. The molecule has 2 aromatic rings. The van der Waals surface area contributed by atoms with Gasteiger partial charge in [0.1, 0.15) is 11.6 Å². The van der Waals surface area contributed by atoms with Crippen LogP contribution in [-0.2, 0) is 6.54 Å². The molecule has 1 heterocycles. The third-order valence-corrected chi connectivity index (χ3v) is 3.05. The Kier molecular flexibility index (Phi) is 4.88. The van der Waals surface area contributed by atoms with Gasteiger partial charge >= 0.3 is 0 Å². The maximum Gasteiger partial charge on any atom is 0.287 e. The lowest BCUT2D eigenvalue weighted by Gasteiger charge is -2.07.